The van der Waals surface area contributed by atoms with Gasteiger partial charge in [-0.25, -0.2) is 0 Å². The third-order valence-corrected chi connectivity index (χ3v) is 6.55. The molecular weight excluding hydrogens is 431 g/mol. The van der Waals surface area contributed by atoms with Crippen LogP contribution >= 0.6 is 35.6 Å². The number of amides is 1. The van der Waals surface area contributed by atoms with E-state index in [1.54, 1.807) is 18.2 Å². The van der Waals surface area contributed by atoms with Crippen LogP contribution in [0.2, 0.25) is 10.0 Å². The summed E-state index contributed by atoms with van der Waals surface area (Å²) in [5.41, 5.74) is 2.91. The van der Waals surface area contributed by atoms with Crippen molar-refractivity contribution in [3.8, 4) is 5.75 Å². The van der Waals surface area contributed by atoms with Crippen LogP contribution in [0, 0.1) is 0 Å². The number of nitrogens with zero attached hydrogens (tertiary/aromatic N) is 2. The molecule has 0 aliphatic carbocycles. The first-order valence-corrected chi connectivity index (χ1v) is 10.5. The van der Waals surface area contributed by atoms with Crippen LogP contribution in [0.3, 0.4) is 0 Å². The number of rotatable bonds is 4. The van der Waals surface area contributed by atoms with E-state index in [4.69, 9.17) is 23.2 Å². The van der Waals surface area contributed by atoms with Crippen molar-refractivity contribution in [3.63, 3.8) is 0 Å². The molecule has 0 aromatic heterocycles. The monoisotopic (exact) mass is 454 g/mol. The number of carbonyl (C=O) groups is 1. The molecule has 1 unspecified atom stereocenters. The van der Waals surface area contributed by atoms with Gasteiger partial charge in [-0.2, -0.15) is 0 Å². The van der Waals surface area contributed by atoms with Crippen LogP contribution in [0.5, 0.6) is 5.75 Å². The Morgan fingerprint density at radius 3 is 2.55 bits per heavy atom. The number of hydrogen-bond donors (Lipinski definition) is 1. The fourth-order valence-corrected chi connectivity index (χ4v) is 4.68. The summed E-state index contributed by atoms with van der Waals surface area (Å²) in [4.78, 5) is 17.6. The zero-order valence-electron chi connectivity index (χ0n) is 16.1. The molecule has 156 valence electrons. The largest absolute Gasteiger partial charge is 0.508 e. The molecule has 1 atom stereocenters. The lowest BCUT2D eigenvalue weighted by Gasteiger charge is -2.39. The molecule has 4 nitrogen and oxygen atoms in total. The number of hydrogen-bond acceptors (Lipinski definition) is 3. The van der Waals surface area contributed by atoms with E-state index in [2.05, 4.69) is 4.90 Å². The molecule has 1 amide bonds. The van der Waals surface area contributed by atoms with Gasteiger partial charge in [0.1, 0.15) is 5.75 Å². The second kappa shape index (κ2) is 9.57. The number of carbonyl (C=O) groups excluding carboxylic acids is 1. The fourth-order valence-electron chi connectivity index (χ4n) is 4.36. The lowest BCUT2D eigenvalue weighted by molar-refractivity contribution is -0.133. The molecule has 29 heavy (non-hydrogen) atoms. The molecule has 0 radical (unpaired) electrons. The van der Waals surface area contributed by atoms with E-state index < -0.39 is 0 Å². The number of aromatic hydroxyl groups is 1. The lowest BCUT2D eigenvalue weighted by Crippen LogP contribution is -2.45. The van der Waals surface area contributed by atoms with Gasteiger partial charge in [0.05, 0.1) is 22.5 Å². The average Bonchev–Trinajstić information content (AvgIpc) is 3.18. The molecule has 7 heteroatoms. The summed E-state index contributed by atoms with van der Waals surface area (Å²) in [6.45, 7) is 3.56. The van der Waals surface area contributed by atoms with E-state index in [1.165, 1.54) is 12.8 Å². The number of benzene rings is 2. The van der Waals surface area contributed by atoms with Crippen molar-refractivity contribution >= 4 is 41.5 Å². The molecule has 2 aliphatic rings. The maximum absolute atomic E-state index is 13.2. The van der Waals surface area contributed by atoms with Gasteiger partial charge in [0.15, 0.2) is 0 Å². The summed E-state index contributed by atoms with van der Waals surface area (Å²) in [5.74, 6) is 0.414. The first kappa shape index (κ1) is 22.2. The normalized spacial score (nSPS) is 19.0. The summed E-state index contributed by atoms with van der Waals surface area (Å²) >= 11 is 12.1. The molecule has 2 aliphatic heterocycles. The highest BCUT2D eigenvalue weighted by Gasteiger charge is 2.33. The Hall–Kier alpha value is -1.46. The maximum atomic E-state index is 13.2. The molecule has 2 aromatic rings. The highest BCUT2D eigenvalue weighted by atomic mass is 35.5. The van der Waals surface area contributed by atoms with Gasteiger partial charge in [0, 0.05) is 18.7 Å². The van der Waals surface area contributed by atoms with Crippen molar-refractivity contribution < 1.29 is 9.90 Å². The van der Waals surface area contributed by atoms with Gasteiger partial charge in [-0.15, -0.1) is 12.4 Å². The molecular formula is C22H25Cl3N2O2. The van der Waals surface area contributed by atoms with Gasteiger partial charge in [0.2, 0.25) is 5.91 Å². The molecule has 2 aromatic carbocycles. The summed E-state index contributed by atoms with van der Waals surface area (Å²) in [7, 11) is 0. The van der Waals surface area contributed by atoms with E-state index in [-0.39, 0.29) is 24.4 Å². The summed E-state index contributed by atoms with van der Waals surface area (Å²) in [6.07, 6.45) is 3.38. The first-order valence-electron chi connectivity index (χ1n) is 9.79. The van der Waals surface area contributed by atoms with Crippen LogP contribution in [0.25, 0.3) is 0 Å². The molecule has 0 saturated carbocycles. The Morgan fingerprint density at radius 1 is 1.07 bits per heavy atom. The minimum Gasteiger partial charge on any atom is -0.508 e. The minimum absolute atomic E-state index is 0. The average molecular weight is 456 g/mol. The van der Waals surface area contributed by atoms with Gasteiger partial charge >= 0.3 is 0 Å². The number of fused-ring (bicyclic) bond motifs is 1. The standard InChI is InChI=1S/C22H24Cl2N2O2.ClH/c23-18-7-6-15(12-19(18)24)13-22(28)26-11-8-17-16(4-3-5-21(17)27)20(26)14-25-9-1-2-10-25;/h3-7,12,20,27H,1-2,8-11,13-14H2;1H. The predicted molar refractivity (Wildman–Crippen MR) is 119 cm³/mol. The number of phenolic OH excluding ortho intramolecular Hbond substituents is 1. The van der Waals surface area contributed by atoms with Crippen LogP contribution < -0.4 is 0 Å². The Bertz CT molecular complexity index is 884. The lowest BCUT2D eigenvalue weighted by atomic mass is 9.91. The summed E-state index contributed by atoms with van der Waals surface area (Å²) in [6, 6.07) is 11.0. The third-order valence-electron chi connectivity index (χ3n) is 5.81. The minimum atomic E-state index is -0.0378. The van der Waals surface area contributed by atoms with Crippen LogP contribution in [0.4, 0.5) is 0 Å². The van der Waals surface area contributed by atoms with Gasteiger partial charge in [-0.1, -0.05) is 41.4 Å². The second-order valence-electron chi connectivity index (χ2n) is 7.63. The van der Waals surface area contributed by atoms with E-state index in [0.29, 0.717) is 35.2 Å². The molecule has 1 fully saturated rings. The summed E-state index contributed by atoms with van der Waals surface area (Å²) < 4.78 is 0. The SMILES string of the molecule is Cl.O=C(Cc1ccc(Cl)c(Cl)c1)N1CCc2c(O)cccc2C1CN1CCCC1. The molecule has 1 saturated heterocycles. The smallest absolute Gasteiger partial charge is 0.227 e. The number of phenols is 1. The van der Waals surface area contributed by atoms with Crippen molar-refractivity contribution in [2.45, 2.75) is 31.7 Å². The third kappa shape index (κ3) is 4.83. The van der Waals surface area contributed by atoms with Crippen molar-refractivity contribution in [3.05, 3.63) is 63.1 Å². The topological polar surface area (TPSA) is 43.8 Å². The van der Waals surface area contributed by atoms with Crippen LogP contribution in [0.15, 0.2) is 36.4 Å². The van der Waals surface area contributed by atoms with Gasteiger partial charge < -0.3 is 14.9 Å². The quantitative estimate of drug-likeness (QED) is 0.714. The number of likely N-dealkylation sites (tertiary alicyclic amines) is 1. The van der Waals surface area contributed by atoms with Crippen LogP contribution in [-0.2, 0) is 17.6 Å². The molecule has 0 bridgehead atoms. The zero-order chi connectivity index (χ0) is 19.7. The van der Waals surface area contributed by atoms with E-state index in [1.807, 2.05) is 23.1 Å². The molecule has 4 rings (SSSR count). The Morgan fingerprint density at radius 2 is 1.83 bits per heavy atom. The van der Waals surface area contributed by atoms with Crippen molar-refractivity contribution in [2.75, 3.05) is 26.2 Å². The van der Waals surface area contributed by atoms with Crippen LogP contribution in [0.1, 0.15) is 35.6 Å². The van der Waals surface area contributed by atoms with Crippen molar-refractivity contribution in [1.82, 2.24) is 9.80 Å². The predicted octanol–water partition coefficient (Wildman–Crippen LogP) is 4.89. The molecule has 1 N–H and O–H groups in total. The highest BCUT2D eigenvalue weighted by molar-refractivity contribution is 6.42. The Kier molecular flexibility index (Phi) is 7.33. The van der Waals surface area contributed by atoms with Gasteiger partial charge in [-0.3, -0.25) is 4.79 Å². The van der Waals surface area contributed by atoms with Crippen molar-refractivity contribution in [2.24, 2.45) is 0 Å². The maximum Gasteiger partial charge on any atom is 0.227 e. The van der Waals surface area contributed by atoms with Crippen molar-refractivity contribution in [1.29, 1.82) is 0 Å². The Balaban J connectivity index is 0.00000240. The second-order valence-corrected chi connectivity index (χ2v) is 8.45. The van der Waals surface area contributed by atoms with Gasteiger partial charge in [0.25, 0.3) is 0 Å². The molecule has 2 heterocycles. The first-order chi connectivity index (χ1) is 13.5. The van der Waals surface area contributed by atoms with Gasteiger partial charge in [-0.05, 0) is 61.7 Å². The Labute approximate surface area is 187 Å². The van der Waals surface area contributed by atoms with Crippen LogP contribution in [-0.4, -0.2) is 47.0 Å². The highest BCUT2D eigenvalue weighted by Crippen LogP contribution is 2.36. The molecule has 0 spiro atoms. The van der Waals surface area contributed by atoms with E-state index in [9.17, 15) is 9.90 Å². The number of halogens is 3. The van der Waals surface area contributed by atoms with E-state index >= 15 is 0 Å². The zero-order valence-corrected chi connectivity index (χ0v) is 18.4. The summed E-state index contributed by atoms with van der Waals surface area (Å²) in [5, 5.41) is 11.3. The van der Waals surface area contributed by atoms with E-state index in [0.717, 1.165) is 36.3 Å². The fraction of sp³-hybridized carbons (Fsp3) is 0.409.